The molecule has 2 aromatic carbocycles. The van der Waals surface area contributed by atoms with E-state index >= 15 is 0 Å². The van der Waals surface area contributed by atoms with Gasteiger partial charge in [0.05, 0.1) is 13.1 Å². The Balaban J connectivity index is 0.000000181. The van der Waals surface area contributed by atoms with E-state index in [9.17, 15) is 9.59 Å². The quantitative estimate of drug-likeness (QED) is 0.710. The van der Waals surface area contributed by atoms with Crippen molar-refractivity contribution in [1.82, 2.24) is 10.6 Å². The number of rotatable bonds is 6. The van der Waals surface area contributed by atoms with E-state index in [1.165, 1.54) is 0 Å². The Kier molecular flexibility index (Phi) is 7.81. The Morgan fingerprint density at radius 1 is 0.688 bits per heavy atom. The van der Waals surface area contributed by atoms with Crippen LogP contribution in [0.4, 0.5) is 9.59 Å². The minimum absolute atomic E-state index is 0.187. The van der Waals surface area contributed by atoms with Gasteiger partial charge < -0.3 is 29.6 Å². The molecule has 0 saturated carbocycles. The standard InChI is InChI=1S/2C12H15NO3/c2*1-8-3-9(2)5-10(4-8)15-7-11-6-13-12(14)16-11/h2*3-5,11H,6-7H2,1-2H3,(H,13,14)/t2*11-/m00/s1. The first-order valence-electron chi connectivity index (χ1n) is 10.6. The molecule has 2 amide bonds. The van der Waals surface area contributed by atoms with Gasteiger partial charge in [0.25, 0.3) is 0 Å². The summed E-state index contributed by atoms with van der Waals surface area (Å²) in [6.07, 6.45) is -1.11. The number of aryl methyl sites for hydroxylation is 4. The number of hydrogen-bond donors (Lipinski definition) is 2. The second-order valence-corrected chi connectivity index (χ2v) is 8.09. The molecule has 32 heavy (non-hydrogen) atoms. The number of nitrogens with one attached hydrogen (secondary N) is 2. The molecule has 2 saturated heterocycles. The molecule has 0 unspecified atom stereocenters. The highest BCUT2D eigenvalue weighted by Gasteiger charge is 2.23. The van der Waals surface area contributed by atoms with Crippen molar-refractivity contribution in [3.05, 3.63) is 58.7 Å². The van der Waals surface area contributed by atoms with Crippen LogP contribution in [-0.2, 0) is 9.47 Å². The Morgan fingerprint density at radius 2 is 1.03 bits per heavy atom. The monoisotopic (exact) mass is 442 g/mol. The normalized spacial score (nSPS) is 19.1. The summed E-state index contributed by atoms with van der Waals surface area (Å²) >= 11 is 0. The van der Waals surface area contributed by atoms with Gasteiger partial charge in [-0.05, 0) is 74.2 Å². The second kappa shape index (κ2) is 10.7. The third kappa shape index (κ3) is 7.37. The number of amides is 2. The van der Waals surface area contributed by atoms with Gasteiger partial charge in [0.15, 0.2) is 12.2 Å². The molecule has 2 aliphatic heterocycles. The molecule has 2 aromatic rings. The molecule has 0 radical (unpaired) electrons. The fourth-order valence-electron chi connectivity index (χ4n) is 3.46. The zero-order valence-corrected chi connectivity index (χ0v) is 18.9. The predicted octanol–water partition coefficient (Wildman–Crippen LogP) is 3.58. The number of hydrogen-bond acceptors (Lipinski definition) is 6. The van der Waals surface area contributed by atoms with Crippen LogP contribution in [0.3, 0.4) is 0 Å². The number of carbonyl (C=O) groups is 2. The first-order chi connectivity index (χ1) is 15.3. The van der Waals surface area contributed by atoms with Crippen molar-refractivity contribution in [3.63, 3.8) is 0 Å². The van der Waals surface area contributed by atoms with Crippen molar-refractivity contribution in [2.45, 2.75) is 39.9 Å². The van der Waals surface area contributed by atoms with Crippen LogP contribution in [0.25, 0.3) is 0 Å². The number of alkyl carbamates (subject to hydrolysis) is 2. The van der Waals surface area contributed by atoms with Gasteiger partial charge in [-0.3, -0.25) is 0 Å². The molecule has 2 heterocycles. The molecule has 0 spiro atoms. The average Bonchev–Trinajstić information content (AvgIpc) is 3.32. The van der Waals surface area contributed by atoms with Crippen molar-refractivity contribution >= 4 is 12.2 Å². The minimum Gasteiger partial charge on any atom is -0.490 e. The summed E-state index contributed by atoms with van der Waals surface area (Å²) in [6, 6.07) is 12.1. The van der Waals surface area contributed by atoms with Crippen molar-refractivity contribution < 1.29 is 28.5 Å². The van der Waals surface area contributed by atoms with Gasteiger partial charge in [-0.1, -0.05) is 12.1 Å². The minimum atomic E-state index is -0.367. The smallest absolute Gasteiger partial charge is 0.407 e. The molecule has 2 fully saturated rings. The maximum atomic E-state index is 10.8. The van der Waals surface area contributed by atoms with Gasteiger partial charge in [-0.25, -0.2) is 9.59 Å². The van der Waals surface area contributed by atoms with Crippen LogP contribution in [0.1, 0.15) is 22.3 Å². The van der Waals surface area contributed by atoms with Crippen LogP contribution in [-0.4, -0.2) is 50.7 Å². The topological polar surface area (TPSA) is 95.1 Å². The molecule has 2 atom stereocenters. The number of benzene rings is 2. The Labute approximate surface area is 188 Å². The van der Waals surface area contributed by atoms with Gasteiger partial charge in [-0.15, -0.1) is 0 Å². The Bertz CT molecular complexity index is 844. The van der Waals surface area contributed by atoms with E-state index in [4.69, 9.17) is 18.9 Å². The number of ether oxygens (including phenoxy) is 4. The van der Waals surface area contributed by atoms with E-state index in [1.54, 1.807) is 0 Å². The molecule has 8 nitrogen and oxygen atoms in total. The van der Waals surface area contributed by atoms with Crippen LogP contribution in [0, 0.1) is 27.7 Å². The zero-order valence-electron chi connectivity index (χ0n) is 18.9. The van der Waals surface area contributed by atoms with Crippen molar-refractivity contribution in [2.75, 3.05) is 26.3 Å². The molecule has 4 rings (SSSR count). The van der Waals surface area contributed by atoms with Crippen molar-refractivity contribution in [3.8, 4) is 11.5 Å². The lowest BCUT2D eigenvalue weighted by Crippen LogP contribution is -2.21. The predicted molar refractivity (Wildman–Crippen MR) is 119 cm³/mol. The van der Waals surface area contributed by atoms with Gasteiger partial charge in [0.2, 0.25) is 0 Å². The number of cyclic esters (lactones) is 2. The van der Waals surface area contributed by atoms with E-state index in [2.05, 4.69) is 22.8 Å². The molecular weight excluding hydrogens is 412 g/mol. The van der Waals surface area contributed by atoms with E-state index in [0.29, 0.717) is 26.3 Å². The van der Waals surface area contributed by atoms with Crippen LogP contribution < -0.4 is 20.1 Å². The maximum absolute atomic E-state index is 10.8. The van der Waals surface area contributed by atoms with Gasteiger partial charge in [0, 0.05) is 0 Å². The summed E-state index contributed by atoms with van der Waals surface area (Å²) in [6.45, 7) is 9.92. The summed E-state index contributed by atoms with van der Waals surface area (Å²) < 4.78 is 21.1. The summed E-state index contributed by atoms with van der Waals surface area (Å²) in [4.78, 5) is 21.6. The third-order valence-corrected chi connectivity index (χ3v) is 4.76. The summed E-state index contributed by atoms with van der Waals surface area (Å²) in [5.41, 5.74) is 4.65. The molecule has 0 aromatic heterocycles. The van der Waals surface area contributed by atoms with Crippen LogP contribution in [0.2, 0.25) is 0 Å². The first-order valence-corrected chi connectivity index (χ1v) is 10.6. The van der Waals surface area contributed by atoms with Gasteiger partial charge >= 0.3 is 12.2 Å². The molecule has 2 N–H and O–H groups in total. The molecule has 172 valence electrons. The zero-order chi connectivity index (χ0) is 23.1. The molecule has 2 aliphatic rings. The van der Waals surface area contributed by atoms with Gasteiger partial charge in [-0.2, -0.15) is 0 Å². The van der Waals surface area contributed by atoms with E-state index in [-0.39, 0.29) is 24.4 Å². The highest BCUT2D eigenvalue weighted by Crippen LogP contribution is 2.18. The average molecular weight is 443 g/mol. The van der Waals surface area contributed by atoms with E-state index < -0.39 is 0 Å². The number of carbonyl (C=O) groups excluding carboxylic acids is 2. The Morgan fingerprint density at radius 3 is 1.31 bits per heavy atom. The maximum Gasteiger partial charge on any atom is 0.407 e. The van der Waals surface area contributed by atoms with E-state index in [1.807, 2.05) is 52.0 Å². The Hall–Kier alpha value is -3.42. The lowest BCUT2D eigenvalue weighted by molar-refractivity contribution is 0.104. The molecular formula is C24H30N2O6. The molecule has 0 aliphatic carbocycles. The fraction of sp³-hybridized carbons (Fsp3) is 0.417. The summed E-state index contributed by atoms with van der Waals surface area (Å²) in [7, 11) is 0. The first kappa shape index (κ1) is 23.2. The summed E-state index contributed by atoms with van der Waals surface area (Å²) in [5.74, 6) is 1.64. The largest absolute Gasteiger partial charge is 0.490 e. The second-order valence-electron chi connectivity index (χ2n) is 8.09. The van der Waals surface area contributed by atoms with Crippen LogP contribution >= 0.6 is 0 Å². The van der Waals surface area contributed by atoms with Crippen molar-refractivity contribution in [1.29, 1.82) is 0 Å². The molecule has 8 heteroatoms. The third-order valence-electron chi connectivity index (χ3n) is 4.76. The van der Waals surface area contributed by atoms with Crippen molar-refractivity contribution in [2.24, 2.45) is 0 Å². The SMILES string of the molecule is Cc1cc(C)cc(OC[C@@H]2CNC(=O)O2)c1.Cc1cc(C)cc(OC[C@@H]2CNC(=O)O2)c1. The van der Waals surface area contributed by atoms with E-state index in [0.717, 1.165) is 33.8 Å². The highest BCUT2D eigenvalue weighted by atomic mass is 16.6. The van der Waals surface area contributed by atoms with Crippen LogP contribution in [0.5, 0.6) is 11.5 Å². The van der Waals surface area contributed by atoms with Gasteiger partial charge in [0.1, 0.15) is 24.7 Å². The summed E-state index contributed by atoms with van der Waals surface area (Å²) in [5, 5.41) is 5.17. The van der Waals surface area contributed by atoms with Crippen LogP contribution in [0.15, 0.2) is 36.4 Å². The lowest BCUT2D eigenvalue weighted by Gasteiger charge is -2.11. The fourth-order valence-corrected chi connectivity index (χ4v) is 3.46. The lowest BCUT2D eigenvalue weighted by atomic mass is 10.1. The highest BCUT2D eigenvalue weighted by molar-refractivity contribution is 5.69. The molecule has 0 bridgehead atoms.